The van der Waals surface area contributed by atoms with Crippen LogP contribution in [0.3, 0.4) is 0 Å². The fourth-order valence-corrected chi connectivity index (χ4v) is 2.74. The normalized spacial score (nSPS) is 17.9. The Morgan fingerprint density at radius 1 is 1.00 bits per heavy atom. The molecule has 0 N–H and O–H groups in total. The van der Waals surface area contributed by atoms with E-state index in [2.05, 4.69) is 4.74 Å². The van der Waals surface area contributed by atoms with Crippen LogP contribution in [0.15, 0.2) is 0 Å². The Labute approximate surface area is 153 Å². The van der Waals surface area contributed by atoms with E-state index in [-0.39, 0.29) is 6.42 Å². The molecule has 158 valence electrons. The van der Waals surface area contributed by atoms with Crippen molar-refractivity contribution in [1.82, 2.24) is 0 Å². The van der Waals surface area contributed by atoms with Gasteiger partial charge < -0.3 is 9.47 Å². The Kier molecular flexibility index (Phi) is 7.21. The van der Waals surface area contributed by atoms with Crippen LogP contribution in [0, 0.1) is 5.41 Å². The smallest absolute Gasteiger partial charge is 0.434 e. The van der Waals surface area contributed by atoms with Gasteiger partial charge in [-0.15, -0.1) is 0 Å². The summed E-state index contributed by atoms with van der Waals surface area (Å²) in [6, 6.07) is 0. The van der Waals surface area contributed by atoms with Crippen LogP contribution in [0.1, 0.15) is 65.7 Å². The number of carbonyl (C=O) groups excluding carboxylic acids is 2. The first kappa shape index (κ1) is 23.6. The Balaban J connectivity index is 2.77. The van der Waals surface area contributed by atoms with E-state index >= 15 is 0 Å². The monoisotopic (exact) mass is 406 g/mol. The first-order chi connectivity index (χ1) is 12.1. The van der Waals surface area contributed by atoms with Crippen LogP contribution < -0.4 is 0 Å². The molecule has 0 heterocycles. The quantitative estimate of drug-likeness (QED) is 0.436. The summed E-state index contributed by atoms with van der Waals surface area (Å²) in [6.07, 6.45) is -13.9. The molecule has 0 aromatic heterocycles. The molecule has 4 nitrogen and oxygen atoms in total. The predicted octanol–water partition coefficient (Wildman–Crippen LogP) is 5.10. The van der Waals surface area contributed by atoms with Gasteiger partial charge in [0.15, 0.2) is 0 Å². The third kappa shape index (κ3) is 6.57. The highest BCUT2D eigenvalue weighted by molar-refractivity contribution is 5.76. The Bertz CT molecular complexity index is 519. The van der Waals surface area contributed by atoms with Gasteiger partial charge in [0.1, 0.15) is 5.60 Å². The van der Waals surface area contributed by atoms with E-state index in [1.54, 1.807) is 20.8 Å². The average molecular weight is 406 g/mol. The topological polar surface area (TPSA) is 52.6 Å². The molecular weight excluding hydrogens is 382 g/mol. The molecule has 0 saturated heterocycles. The lowest BCUT2D eigenvalue weighted by atomic mass is 9.89. The van der Waals surface area contributed by atoms with E-state index in [0.717, 1.165) is 0 Å². The van der Waals surface area contributed by atoms with Crippen LogP contribution >= 0.6 is 0 Å². The number of alkyl halides is 6. The number of hydrogen-bond donors (Lipinski definition) is 0. The largest absolute Gasteiger partial charge is 0.459 e. The van der Waals surface area contributed by atoms with E-state index < -0.39 is 47.8 Å². The zero-order valence-electron chi connectivity index (χ0n) is 15.4. The number of hydrogen-bond acceptors (Lipinski definition) is 4. The van der Waals surface area contributed by atoms with E-state index in [1.807, 2.05) is 0 Å². The lowest BCUT2D eigenvalue weighted by molar-refractivity contribution is -0.313. The van der Waals surface area contributed by atoms with Crippen LogP contribution in [-0.4, -0.2) is 36.0 Å². The van der Waals surface area contributed by atoms with Gasteiger partial charge in [-0.25, -0.2) is 0 Å². The highest BCUT2D eigenvalue weighted by atomic mass is 19.4. The molecule has 0 spiro atoms. The van der Waals surface area contributed by atoms with Crippen LogP contribution in [0.25, 0.3) is 0 Å². The van der Waals surface area contributed by atoms with Gasteiger partial charge in [0, 0.05) is 6.42 Å². The number of rotatable bonds is 7. The highest BCUT2D eigenvalue weighted by Crippen LogP contribution is 2.40. The van der Waals surface area contributed by atoms with Gasteiger partial charge in [0.2, 0.25) is 0 Å². The molecule has 1 saturated carbocycles. The molecule has 0 aromatic carbocycles. The molecule has 1 aliphatic carbocycles. The molecule has 0 bridgehead atoms. The van der Waals surface area contributed by atoms with Crippen molar-refractivity contribution < 1.29 is 45.4 Å². The van der Waals surface area contributed by atoms with Crippen LogP contribution in [0.5, 0.6) is 0 Å². The van der Waals surface area contributed by atoms with Crippen LogP contribution in [-0.2, 0) is 19.1 Å². The third-order valence-electron chi connectivity index (χ3n) is 4.89. The number of carbonyl (C=O) groups is 2. The Hall–Kier alpha value is -1.48. The van der Waals surface area contributed by atoms with E-state index in [0.29, 0.717) is 32.1 Å². The molecule has 0 radical (unpaired) electrons. The summed E-state index contributed by atoms with van der Waals surface area (Å²) in [7, 11) is 0. The first-order valence-electron chi connectivity index (χ1n) is 8.69. The number of esters is 2. The Morgan fingerprint density at radius 2 is 1.48 bits per heavy atom. The number of halogens is 6. The zero-order valence-corrected chi connectivity index (χ0v) is 15.4. The summed E-state index contributed by atoms with van der Waals surface area (Å²) in [6.45, 7) is 5.13. The van der Waals surface area contributed by atoms with Gasteiger partial charge in [0.05, 0.1) is 5.41 Å². The van der Waals surface area contributed by atoms with Crippen molar-refractivity contribution >= 4 is 11.9 Å². The minimum absolute atomic E-state index is 0.181. The maximum absolute atomic E-state index is 12.5. The summed E-state index contributed by atoms with van der Waals surface area (Å²) in [4.78, 5) is 23.9. The maximum atomic E-state index is 12.5. The van der Waals surface area contributed by atoms with Gasteiger partial charge in [0.25, 0.3) is 6.10 Å². The molecule has 0 unspecified atom stereocenters. The molecule has 10 heteroatoms. The fraction of sp³-hybridized carbons (Fsp3) is 0.882. The fourth-order valence-electron chi connectivity index (χ4n) is 2.74. The standard InChI is InChI=1S/C17H24F6O4/c1-4-14(2,3)13(25)27-15(8-5-6-9-15)10-7-11(24)26-12(16(18,19)20)17(21,22)23/h12H,4-10H2,1-3H3. The molecule has 0 aliphatic heterocycles. The van der Waals surface area contributed by atoms with Crippen molar-refractivity contribution in [2.75, 3.05) is 0 Å². The second kappa shape index (κ2) is 8.26. The second-order valence-electron chi connectivity index (χ2n) is 7.47. The molecule has 0 aromatic rings. The van der Waals surface area contributed by atoms with Crippen molar-refractivity contribution in [2.45, 2.75) is 89.8 Å². The van der Waals surface area contributed by atoms with Gasteiger partial charge in [-0.3, -0.25) is 9.59 Å². The molecular formula is C17H24F6O4. The summed E-state index contributed by atoms with van der Waals surface area (Å²) >= 11 is 0. The molecule has 1 fully saturated rings. The highest BCUT2D eigenvalue weighted by Gasteiger charge is 2.60. The lowest BCUT2D eigenvalue weighted by Gasteiger charge is -2.33. The van der Waals surface area contributed by atoms with Crippen molar-refractivity contribution in [3.8, 4) is 0 Å². The molecule has 0 atom stereocenters. The van der Waals surface area contributed by atoms with E-state index in [1.165, 1.54) is 0 Å². The summed E-state index contributed by atoms with van der Waals surface area (Å²) in [5, 5.41) is 0. The van der Waals surface area contributed by atoms with Gasteiger partial charge in [-0.1, -0.05) is 6.92 Å². The van der Waals surface area contributed by atoms with Crippen molar-refractivity contribution in [3.63, 3.8) is 0 Å². The summed E-state index contributed by atoms with van der Waals surface area (Å²) in [5.41, 5.74) is -1.84. The summed E-state index contributed by atoms with van der Waals surface area (Å²) < 4.78 is 84.0. The molecule has 27 heavy (non-hydrogen) atoms. The van der Waals surface area contributed by atoms with Crippen LogP contribution in [0.2, 0.25) is 0 Å². The van der Waals surface area contributed by atoms with Crippen LogP contribution in [0.4, 0.5) is 26.3 Å². The van der Waals surface area contributed by atoms with Gasteiger partial charge in [-0.05, 0) is 52.4 Å². The second-order valence-corrected chi connectivity index (χ2v) is 7.47. The SMILES string of the molecule is CCC(C)(C)C(=O)OC1(CCC(=O)OC(C(F)(F)F)C(F)(F)F)CCCC1. The number of ether oxygens (including phenoxy) is 2. The van der Waals surface area contributed by atoms with Crippen molar-refractivity contribution in [2.24, 2.45) is 5.41 Å². The molecule has 1 aliphatic rings. The first-order valence-corrected chi connectivity index (χ1v) is 8.69. The summed E-state index contributed by atoms with van der Waals surface area (Å²) in [5.74, 6) is -2.14. The zero-order chi connectivity index (χ0) is 21.1. The van der Waals surface area contributed by atoms with Gasteiger partial charge in [-0.2, -0.15) is 26.3 Å². The molecule has 1 rings (SSSR count). The van der Waals surface area contributed by atoms with Crippen molar-refractivity contribution in [3.05, 3.63) is 0 Å². The predicted molar refractivity (Wildman–Crippen MR) is 82.6 cm³/mol. The third-order valence-corrected chi connectivity index (χ3v) is 4.89. The van der Waals surface area contributed by atoms with Gasteiger partial charge >= 0.3 is 24.3 Å². The average Bonchev–Trinajstić information content (AvgIpc) is 2.97. The Morgan fingerprint density at radius 3 is 1.89 bits per heavy atom. The lowest BCUT2D eigenvalue weighted by Crippen LogP contribution is -2.46. The minimum Gasteiger partial charge on any atom is -0.459 e. The van der Waals surface area contributed by atoms with E-state index in [9.17, 15) is 35.9 Å². The molecule has 0 amide bonds. The van der Waals surface area contributed by atoms with E-state index in [4.69, 9.17) is 4.74 Å². The van der Waals surface area contributed by atoms with Crippen molar-refractivity contribution in [1.29, 1.82) is 0 Å². The maximum Gasteiger partial charge on any atom is 0.434 e. The minimum atomic E-state index is -5.75.